The number of aliphatic hydroxyl groups is 1. The van der Waals surface area contributed by atoms with E-state index in [9.17, 15) is 10.4 Å². The van der Waals surface area contributed by atoms with Crippen LogP contribution in [0.3, 0.4) is 0 Å². The Morgan fingerprint density at radius 1 is 1.16 bits per heavy atom. The molecule has 1 aromatic carbocycles. The van der Waals surface area contributed by atoms with Crippen LogP contribution in [0.5, 0.6) is 0 Å². The summed E-state index contributed by atoms with van der Waals surface area (Å²) in [5.74, 6) is 0.739. The summed E-state index contributed by atoms with van der Waals surface area (Å²) in [5.41, 5.74) is 3.47. The first-order valence-corrected chi connectivity index (χ1v) is 11.2. The number of halogens is 1. The number of hydrogen-bond acceptors (Lipinski definition) is 9. The zero-order chi connectivity index (χ0) is 27.4. The molecule has 0 aliphatic heterocycles. The largest absolute Gasteiger partial charge is 0.483 e. The van der Waals surface area contributed by atoms with E-state index < -0.39 is 11.9 Å². The second-order valence-electron chi connectivity index (χ2n) is 8.18. The van der Waals surface area contributed by atoms with Crippen LogP contribution in [-0.4, -0.2) is 51.2 Å². The van der Waals surface area contributed by atoms with Gasteiger partial charge in [0.25, 0.3) is 6.47 Å². The first-order chi connectivity index (χ1) is 18.2. The van der Waals surface area contributed by atoms with E-state index in [2.05, 4.69) is 25.6 Å². The normalized spacial score (nSPS) is 11.4. The van der Waals surface area contributed by atoms with Gasteiger partial charge in [-0.05, 0) is 57.2 Å². The summed E-state index contributed by atoms with van der Waals surface area (Å²) in [6.07, 6.45) is 0.723. The number of carbonyl (C=O) groups is 1. The molecule has 0 radical (unpaired) electrons. The van der Waals surface area contributed by atoms with Crippen molar-refractivity contribution >= 4 is 29.0 Å². The molecule has 12 nitrogen and oxygen atoms in total. The van der Waals surface area contributed by atoms with Gasteiger partial charge in [0.05, 0.1) is 28.5 Å². The number of benzene rings is 1. The van der Waals surface area contributed by atoms with Crippen molar-refractivity contribution in [3.8, 4) is 17.7 Å². The van der Waals surface area contributed by atoms with E-state index >= 15 is 4.39 Å². The number of carboxylic acid groups (broad SMARTS) is 1. The van der Waals surface area contributed by atoms with Crippen molar-refractivity contribution in [2.24, 2.45) is 0 Å². The van der Waals surface area contributed by atoms with Gasteiger partial charge in [0.2, 0.25) is 0 Å². The minimum absolute atomic E-state index is 0.218. The number of aromatic nitrogens is 7. The highest BCUT2D eigenvalue weighted by atomic mass is 19.1. The second-order valence-corrected chi connectivity index (χ2v) is 8.18. The fourth-order valence-corrected chi connectivity index (χ4v) is 3.73. The molecule has 3 N–H and O–H groups in total. The number of aryl methyl sites for hydroxylation is 2. The first-order valence-electron chi connectivity index (χ1n) is 11.2. The smallest absolute Gasteiger partial charge is 0.290 e. The monoisotopic (exact) mass is 515 g/mol. The summed E-state index contributed by atoms with van der Waals surface area (Å²) in [7, 11) is 0. The molecule has 0 spiro atoms. The molecule has 0 bridgehead atoms. The maximum atomic E-state index is 15.0. The van der Waals surface area contributed by atoms with Gasteiger partial charge in [-0.3, -0.25) is 9.36 Å². The van der Waals surface area contributed by atoms with Crippen molar-refractivity contribution in [1.29, 1.82) is 5.26 Å². The Bertz CT molecular complexity index is 1650. The molecular weight excluding hydrogens is 493 g/mol. The molecule has 0 saturated heterocycles. The molecule has 4 aromatic heterocycles. The molecule has 4 heterocycles. The number of nitrogens with one attached hydrogen (secondary N) is 1. The maximum absolute atomic E-state index is 15.0. The summed E-state index contributed by atoms with van der Waals surface area (Å²) in [6.45, 7) is 4.99. The molecule has 0 amide bonds. The minimum Gasteiger partial charge on any atom is -0.483 e. The third-order valence-corrected chi connectivity index (χ3v) is 5.49. The summed E-state index contributed by atoms with van der Waals surface area (Å²) in [5, 5.41) is 41.6. The van der Waals surface area contributed by atoms with E-state index in [0.29, 0.717) is 39.7 Å². The molecule has 0 aliphatic carbocycles. The van der Waals surface area contributed by atoms with Crippen LogP contribution in [0, 0.1) is 31.0 Å². The number of anilines is 2. The lowest BCUT2D eigenvalue weighted by atomic mass is 10.1. The number of hydrogen-bond donors (Lipinski definition) is 3. The highest BCUT2D eigenvalue weighted by Crippen LogP contribution is 2.28. The zero-order valence-corrected chi connectivity index (χ0v) is 20.5. The van der Waals surface area contributed by atoms with Gasteiger partial charge in [0.1, 0.15) is 24.0 Å². The van der Waals surface area contributed by atoms with Crippen LogP contribution >= 0.6 is 0 Å². The number of pyridine rings is 1. The number of rotatable bonds is 5. The number of nitrogens with zero attached hydrogens (tertiary/aromatic N) is 8. The van der Waals surface area contributed by atoms with Crippen molar-refractivity contribution < 1.29 is 19.4 Å². The predicted molar refractivity (Wildman–Crippen MR) is 135 cm³/mol. The second kappa shape index (κ2) is 10.8. The van der Waals surface area contributed by atoms with Crippen LogP contribution < -0.4 is 5.32 Å². The van der Waals surface area contributed by atoms with E-state index in [-0.39, 0.29) is 17.9 Å². The highest BCUT2D eigenvalue weighted by Gasteiger charge is 2.18. The van der Waals surface area contributed by atoms with Gasteiger partial charge in [-0.25, -0.2) is 19.0 Å². The Balaban J connectivity index is 0.00000107. The third kappa shape index (κ3) is 5.15. The van der Waals surface area contributed by atoms with Crippen LogP contribution in [0.15, 0.2) is 48.8 Å². The van der Waals surface area contributed by atoms with Gasteiger partial charge >= 0.3 is 0 Å². The van der Waals surface area contributed by atoms with Crippen LogP contribution in [0.25, 0.3) is 22.7 Å². The number of aliphatic hydroxyl groups excluding tert-OH is 1. The predicted octanol–water partition coefficient (Wildman–Crippen LogP) is 3.52. The van der Waals surface area contributed by atoms with Crippen LogP contribution in [-0.2, 0) is 4.79 Å². The molecule has 0 saturated carbocycles. The molecule has 13 heteroatoms. The van der Waals surface area contributed by atoms with Gasteiger partial charge in [-0.15, -0.1) is 5.10 Å². The number of imidazole rings is 1. The Morgan fingerprint density at radius 2 is 1.92 bits per heavy atom. The highest BCUT2D eigenvalue weighted by molar-refractivity contribution is 5.82. The lowest BCUT2D eigenvalue weighted by molar-refractivity contribution is -0.122. The van der Waals surface area contributed by atoms with Crippen LogP contribution in [0.4, 0.5) is 15.9 Å². The van der Waals surface area contributed by atoms with Gasteiger partial charge in [0, 0.05) is 17.3 Å². The van der Waals surface area contributed by atoms with E-state index in [0.717, 1.165) is 5.69 Å². The third-order valence-electron chi connectivity index (χ3n) is 5.49. The zero-order valence-electron chi connectivity index (χ0n) is 20.5. The van der Waals surface area contributed by atoms with Crippen molar-refractivity contribution in [2.45, 2.75) is 26.9 Å². The van der Waals surface area contributed by atoms with Crippen molar-refractivity contribution in [1.82, 2.24) is 34.5 Å². The molecule has 0 fully saturated rings. The Kier molecular flexibility index (Phi) is 7.36. The fourth-order valence-electron chi connectivity index (χ4n) is 3.73. The number of fused-ring (bicyclic) bond motifs is 1. The maximum Gasteiger partial charge on any atom is 0.290 e. The molecule has 192 valence electrons. The topological polar surface area (TPSA) is 168 Å². The quantitative estimate of drug-likeness (QED) is 0.295. The molecule has 5 rings (SSSR count). The minimum atomic E-state index is -0.823. The first kappa shape index (κ1) is 25.9. The van der Waals surface area contributed by atoms with Crippen molar-refractivity contribution in [2.75, 3.05) is 5.32 Å². The van der Waals surface area contributed by atoms with E-state index in [4.69, 9.17) is 14.9 Å². The number of nitriles is 1. The summed E-state index contributed by atoms with van der Waals surface area (Å²) in [4.78, 5) is 17.5. The molecule has 0 aliphatic rings. The Labute approximate surface area is 215 Å². The van der Waals surface area contributed by atoms with Gasteiger partial charge in [-0.2, -0.15) is 15.5 Å². The lowest BCUT2D eigenvalue weighted by Crippen LogP contribution is -2.11. The molecule has 5 aromatic rings. The summed E-state index contributed by atoms with van der Waals surface area (Å²) in [6, 6.07) is 13.5. The van der Waals surface area contributed by atoms with Crippen LogP contribution in [0.2, 0.25) is 0 Å². The summed E-state index contributed by atoms with van der Waals surface area (Å²) < 4.78 is 18.2. The van der Waals surface area contributed by atoms with Gasteiger partial charge < -0.3 is 15.5 Å². The molecular formula is C25H22FN9O3. The average molecular weight is 516 g/mol. The van der Waals surface area contributed by atoms with Crippen LogP contribution in [0.1, 0.15) is 35.7 Å². The molecule has 1 unspecified atom stereocenters. The fraction of sp³-hybridized carbons (Fsp3) is 0.160. The van der Waals surface area contributed by atoms with E-state index in [1.54, 1.807) is 61.1 Å². The summed E-state index contributed by atoms with van der Waals surface area (Å²) >= 11 is 0. The molecule has 38 heavy (non-hydrogen) atoms. The van der Waals surface area contributed by atoms with E-state index in [1.807, 2.05) is 13.0 Å². The SMILES string of the molecule is Cc1ccc(Nc2cc3ncn(-c4ccc(C(C)O)c(-n5nc(C#N)cc5C)n4)c3cc2F)nn1.O=CO. The standard InChI is InChI=1S/C24H20FN9O.CH2O2/c1-13-4-6-22(31-30-13)28-19-10-20-21(9-18(19)25)33(12-27-20)23-7-5-17(15(3)35)24(29-23)34-14(2)8-16(11-26)32-34;2-1-3/h4-10,12,15,35H,1-3H3,(H,28,31);1H,(H,2,3). The van der Waals surface area contributed by atoms with E-state index in [1.165, 1.54) is 10.7 Å². The van der Waals surface area contributed by atoms with Gasteiger partial charge in [0.15, 0.2) is 17.3 Å². The van der Waals surface area contributed by atoms with Crippen molar-refractivity contribution in [3.63, 3.8) is 0 Å². The molecule has 1 atom stereocenters. The Morgan fingerprint density at radius 3 is 2.55 bits per heavy atom. The Hall–Kier alpha value is -5.22. The lowest BCUT2D eigenvalue weighted by Gasteiger charge is -2.15. The average Bonchev–Trinajstić information content (AvgIpc) is 3.48. The van der Waals surface area contributed by atoms with Crippen molar-refractivity contribution in [3.05, 3.63) is 77.3 Å². The van der Waals surface area contributed by atoms with Gasteiger partial charge in [-0.1, -0.05) is 0 Å².